The number of carbonyl (C=O) groups excluding carboxylic acids is 1. The first-order valence-corrected chi connectivity index (χ1v) is 11.3. The SMILES string of the molecule is Cc1cccc(C)c1NC(=O)CSc1nnc(COc2ccccc2)n1-c1ccccc1. The number of ether oxygens (including phenoxy) is 1. The van der Waals surface area contributed by atoms with Crippen LogP contribution in [0.4, 0.5) is 5.69 Å². The number of aryl methyl sites for hydroxylation is 2. The van der Waals surface area contributed by atoms with Crippen LogP contribution in [0.25, 0.3) is 5.69 Å². The summed E-state index contributed by atoms with van der Waals surface area (Å²) in [6.07, 6.45) is 0. The van der Waals surface area contributed by atoms with Crippen molar-refractivity contribution in [1.82, 2.24) is 14.8 Å². The predicted molar refractivity (Wildman–Crippen MR) is 127 cm³/mol. The molecule has 0 aliphatic carbocycles. The summed E-state index contributed by atoms with van der Waals surface area (Å²) < 4.78 is 7.82. The number of hydrogen-bond donors (Lipinski definition) is 1. The smallest absolute Gasteiger partial charge is 0.234 e. The van der Waals surface area contributed by atoms with Gasteiger partial charge in [-0.25, -0.2) is 0 Å². The van der Waals surface area contributed by atoms with Crippen molar-refractivity contribution in [3.05, 3.63) is 95.8 Å². The lowest BCUT2D eigenvalue weighted by molar-refractivity contribution is -0.113. The number of rotatable bonds is 8. The highest BCUT2D eigenvalue weighted by molar-refractivity contribution is 7.99. The first-order chi connectivity index (χ1) is 15.6. The van der Waals surface area contributed by atoms with Crippen LogP contribution >= 0.6 is 11.8 Å². The third-order valence-electron chi connectivity index (χ3n) is 4.90. The van der Waals surface area contributed by atoms with Crippen molar-refractivity contribution in [3.8, 4) is 11.4 Å². The van der Waals surface area contributed by atoms with E-state index in [1.807, 2.05) is 97.3 Å². The van der Waals surface area contributed by atoms with Crippen LogP contribution in [0.15, 0.2) is 84.0 Å². The molecule has 4 aromatic rings. The van der Waals surface area contributed by atoms with Crippen LogP contribution in [0, 0.1) is 13.8 Å². The fourth-order valence-electron chi connectivity index (χ4n) is 3.31. The van der Waals surface area contributed by atoms with E-state index in [4.69, 9.17) is 4.74 Å². The molecule has 0 aliphatic heterocycles. The van der Waals surface area contributed by atoms with Crippen molar-refractivity contribution in [3.63, 3.8) is 0 Å². The number of amides is 1. The molecule has 0 saturated carbocycles. The van der Waals surface area contributed by atoms with Gasteiger partial charge in [-0.3, -0.25) is 9.36 Å². The van der Waals surface area contributed by atoms with E-state index in [2.05, 4.69) is 15.5 Å². The Morgan fingerprint density at radius 3 is 2.25 bits per heavy atom. The van der Waals surface area contributed by atoms with Crippen LogP contribution in [0.5, 0.6) is 5.75 Å². The molecule has 0 unspecified atom stereocenters. The summed E-state index contributed by atoms with van der Waals surface area (Å²) in [7, 11) is 0. The number of benzene rings is 3. The van der Waals surface area contributed by atoms with Crippen LogP contribution in [-0.2, 0) is 11.4 Å². The molecule has 0 bridgehead atoms. The van der Waals surface area contributed by atoms with Crippen LogP contribution in [0.2, 0.25) is 0 Å². The maximum atomic E-state index is 12.6. The molecule has 162 valence electrons. The molecule has 3 aromatic carbocycles. The Bertz CT molecular complexity index is 1170. The number of nitrogens with zero attached hydrogens (tertiary/aromatic N) is 3. The fourth-order valence-corrected chi connectivity index (χ4v) is 4.08. The number of hydrogen-bond acceptors (Lipinski definition) is 5. The van der Waals surface area contributed by atoms with E-state index in [-0.39, 0.29) is 18.3 Å². The molecule has 1 heterocycles. The van der Waals surface area contributed by atoms with Gasteiger partial charge in [0, 0.05) is 11.4 Å². The summed E-state index contributed by atoms with van der Waals surface area (Å²) in [6, 6.07) is 25.4. The second-order valence-electron chi connectivity index (χ2n) is 7.28. The Balaban J connectivity index is 1.50. The van der Waals surface area contributed by atoms with Crippen LogP contribution in [0.3, 0.4) is 0 Å². The van der Waals surface area contributed by atoms with E-state index < -0.39 is 0 Å². The van der Waals surface area contributed by atoms with Gasteiger partial charge in [-0.05, 0) is 49.2 Å². The zero-order valence-electron chi connectivity index (χ0n) is 18.0. The van der Waals surface area contributed by atoms with Crippen LogP contribution < -0.4 is 10.1 Å². The number of thioether (sulfide) groups is 1. The van der Waals surface area contributed by atoms with Gasteiger partial charge in [0.05, 0.1) is 5.75 Å². The molecular weight excluding hydrogens is 420 g/mol. The molecule has 1 aromatic heterocycles. The molecule has 32 heavy (non-hydrogen) atoms. The standard InChI is InChI=1S/C25H24N4O2S/c1-18-10-9-11-19(2)24(18)26-23(30)17-32-25-28-27-22(16-31-21-14-7-4-8-15-21)29(25)20-12-5-3-6-13-20/h3-15H,16-17H2,1-2H3,(H,26,30). The van der Waals surface area contributed by atoms with E-state index in [1.54, 1.807) is 0 Å². The Morgan fingerprint density at radius 1 is 0.906 bits per heavy atom. The summed E-state index contributed by atoms with van der Waals surface area (Å²) in [4.78, 5) is 12.6. The van der Waals surface area contributed by atoms with E-state index in [9.17, 15) is 4.79 Å². The van der Waals surface area contributed by atoms with Crippen LogP contribution in [0.1, 0.15) is 17.0 Å². The molecule has 4 rings (SSSR count). The highest BCUT2D eigenvalue weighted by atomic mass is 32.2. The third-order valence-corrected chi connectivity index (χ3v) is 5.83. The second-order valence-corrected chi connectivity index (χ2v) is 8.22. The molecule has 0 fully saturated rings. The number of carbonyl (C=O) groups is 1. The molecule has 0 saturated heterocycles. The Morgan fingerprint density at radius 2 is 1.56 bits per heavy atom. The minimum Gasteiger partial charge on any atom is -0.486 e. The summed E-state index contributed by atoms with van der Waals surface area (Å²) in [5.74, 6) is 1.56. The maximum Gasteiger partial charge on any atom is 0.234 e. The summed E-state index contributed by atoms with van der Waals surface area (Å²) in [5, 5.41) is 12.3. The zero-order chi connectivity index (χ0) is 22.3. The molecule has 0 radical (unpaired) electrons. The number of nitrogens with one attached hydrogen (secondary N) is 1. The molecule has 7 heteroatoms. The minimum absolute atomic E-state index is 0.0860. The van der Waals surface area contributed by atoms with Crippen molar-refractivity contribution in [2.75, 3.05) is 11.1 Å². The Labute approximate surface area is 191 Å². The topological polar surface area (TPSA) is 69.0 Å². The van der Waals surface area contributed by atoms with Crippen LogP contribution in [-0.4, -0.2) is 26.4 Å². The Kier molecular flexibility index (Phi) is 6.87. The number of aromatic nitrogens is 3. The summed E-state index contributed by atoms with van der Waals surface area (Å²) in [5.41, 5.74) is 3.86. The van der Waals surface area contributed by atoms with Gasteiger partial charge in [0.15, 0.2) is 11.0 Å². The lowest BCUT2D eigenvalue weighted by Gasteiger charge is -2.12. The van der Waals surface area contributed by atoms with E-state index in [0.29, 0.717) is 11.0 Å². The van der Waals surface area contributed by atoms with Gasteiger partial charge < -0.3 is 10.1 Å². The quantitative estimate of drug-likeness (QED) is 0.379. The first-order valence-electron chi connectivity index (χ1n) is 10.3. The lowest BCUT2D eigenvalue weighted by Crippen LogP contribution is -2.16. The van der Waals surface area contributed by atoms with Gasteiger partial charge in [0.25, 0.3) is 0 Å². The molecule has 0 atom stereocenters. The zero-order valence-corrected chi connectivity index (χ0v) is 18.8. The number of para-hydroxylation sites is 3. The minimum atomic E-state index is -0.0860. The summed E-state index contributed by atoms with van der Waals surface area (Å²) >= 11 is 1.35. The maximum absolute atomic E-state index is 12.6. The normalized spacial score (nSPS) is 10.7. The summed E-state index contributed by atoms with van der Waals surface area (Å²) in [6.45, 7) is 4.24. The molecule has 6 nitrogen and oxygen atoms in total. The largest absolute Gasteiger partial charge is 0.486 e. The monoisotopic (exact) mass is 444 g/mol. The van der Waals surface area contributed by atoms with Crippen molar-refractivity contribution < 1.29 is 9.53 Å². The fraction of sp³-hybridized carbons (Fsp3) is 0.160. The van der Waals surface area contributed by atoms with Gasteiger partial charge in [-0.2, -0.15) is 0 Å². The molecule has 0 spiro atoms. The van der Waals surface area contributed by atoms with Gasteiger partial charge in [0.1, 0.15) is 12.4 Å². The van der Waals surface area contributed by atoms with E-state index in [0.717, 1.165) is 28.3 Å². The number of anilines is 1. The van der Waals surface area contributed by atoms with Gasteiger partial charge in [0.2, 0.25) is 5.91 Å². The highest BCUT2D eigenvalue weighted by Gasteiger charge is 2.17. The molecular formula is C25H24N4O2S. The van der Waals surface area contributed by atoms with Crippen molar-refractivity contribution in [2.45, 2.75) is 25.6 Å². The van der Waals surface area contributed by atoms with Gasteiger partial charge in [-0.15, -0.1) is 10.2 Å². The predicted octanol–water partition coefficient (Wildman–Crippen LogP) is 5.19. The highest BCUT2D eigenvalue weighted by Crippen LogP contribution is 2.24. The molecule has 1 amide bonds. The first kappa shape index (κ1) is 21.6. The van der Waals surface area contributed by atoms with E-state index in [1.165, 1.54) is 11.8 Å². The van der Waals surface area contributed by atoms with Crippen molar-refractivity contribution in [1.29, 1.82) is 0 Å². The lowest BCUT2D eigenvalue weighted by atomic mass is 10.1. The third kappa shape index (κ3) is 5.18. The molecule has 1 N–H and O–H groups in total. The van der Waals surface area contributed by atoms with Gasteiger partial charge >= 0.3 is 0 Å². The van der Waals surface area contributed by atoms with Gasteiger partial charge in [-0.1, -0.05) is 66.4 Å². The molecule has 0 aliphatic rings. The average Bonchev–Trinajstić information content (AvgIpc) is 3.23. The van der Waals surface area contributed by atoms with Crippen molar-refractivity contribution >= 4 is 23.4 Å². The van der Waals surface area contributed by atoms with E-state index >= 15 is 0 Å². The average molecular weight is 445 g/mol. The van der Waals surface area contributed by atoms with Crippen molar-refractivity contribution in [2.24, 2.45) is 0 Å². The second kappa shape index (κ2) is 10.2. The Hall–Kier alpha value is -3.58.